The third-order valence-corrected chi connectivity index (χ3v) is 4.70. The monoisotopic (exact) mass is 451 g/mol. The molecule has 0 spiro atoms. The highest BCUT2D eigenvalue weighted by Crippen LogP contribution is 2.20. The first-order valence-corrected chi connectivity index (χ1v) is 10.5. The van der Waals surface area contributed by atoms with E-state index >= 15 is 0 Å². The third-order valence-electron chi connectivity index (χ3n) is 4.70. The summed E-state index contributed by atoms with van der Waals surface area (Å²) in [5.41, 5.74) is 1.69. The average molecular weight is 451 g/mol. The molecule has 33 heavy (non-hydrogen) atoms. The molecule has 0 aliphatic heterocycles. The van der Waals surface area contributed by atoms with E-state index in [-0.39, 0.29) is 23.9 Å². The van der Waals surface area contributed by atoms with Gasteiger partial charge in [-0.2, -0.15) is 5.10 Å². The van der Waals surface area contributed by atoms with Gasteiger partial charge in [-0.05, 0) is 44.5 Å². The Hall–Kier alpha value is -4.21. The van der Waals surface area contributed by atoms with Gasteiger partial charge in [0.15, 0.2) is 0 Å². The minimum absolute atomic E-state index is 0.0286. The minimum atomic E-state index is -0.477. The molecule has 0 unspecified atom stereocenters. The normalized spacial score (nSPS) is 10.5. The number of para-hydroxylation sites is 1. The second kappa shape index (κ2) is 10.9. The average Bonchev–Trinajstić information content (AvgIpc) is 3.17. The molecule has 10 heteroatoms. The van der Waals surface area contributed by atoms with Gasteiger partial charge in [0, 0.05) is 31.2 Å². The van der Waals surface area contributed by atoms with E-state index in [1.807, 2.05) is 6.92 Å². The molecule has 10 nitrogen and oxygen atoms in total. The maximum absolute atomic E-state index is 12.4. The Labute approximate surface area is 190 Å². The Morgan fingerprint density at radius 2 is 1.88 bits per heavy atom. The summed E-state index contributed by atoms with van der Waals surface area (Å²) in [5.74, 6) is 0.486. The number of aryl methyl sites for hydroxylation is 1. The highest BCUT2D eigenvalue weighted by atomic mass is 16.6. The number of carbonyl (C=O) groups excluding carboxylic acids is 2. The van der Waals surface area contributed by atoms with Gasteiger partial charge in [0.05, 0.1) is 28.5 Å². The molecule has 3 aromatic rings. The Morgan fingerprint density at radius 1 is 1.15 bits per heavy atom. The van der Waals surface area contributed by atoms with Crippen LogP contribution in [0.2, 0.25) is 0 Å². The molecule has 0 fully saturated rings. The number of anilines is 1. The third kappa shape index (κ3) is 6.16. The van der Waals surface area contributed by atoms with Crippen LogP contribution < -0.4 is 15.4 Å². The van der Waals surface area contributed by atoms with Gasteiger partial charge in [0.2, 0.25) is 5.91 Å². The molecule has 1 heterocycles. The van der Waals surface area contributed by atoms with E-state index in [2.05, 4.69) is 15.7 Å². The standard InChI is InChI=1S/C23H25N5O5/c1-3-33-20-8-5-4-7-19(20)23(30)24-14-6-9-22(29)25-21-15-16(2)26-27(21)17-10-12-18(13-11-17)28(31)32/h4-5,7-8,10-13,15H,3,6,9,14H2,1-2H3,(H,24,30)(H,25,29). The first-order valence-electron chi connectivity index (χ1n) is 10.5. The van der Waals surface area contributed by atoms with Gasteiger partial charge in [0.25, 0.3) is 11.6 Å². The van der Waals surface area contributed by atoms with Crippen molar-refractivity contribution in [2.75, 3.05) is 18.5 Å². The zero-order chi connectivity index (χ0) is 23.8. The highest BCUT2D eigenvalue weighted by Gasteiger charge is 2.14. The van der Waals surface area contributed by atoms with Gasteiger partial charge in [-0.1, -0.05) is 12.1 Å². The summed E-state index contributed by atoms with van der Waals surface area (Å²) >= 11 is 0. The van der Waals surface area contributed by atoms with Gasteiger partial charge in [-0.15, -0.1) is 0 Å². The molecule has 0 saturated carbocycles. The van der Waals surface area contributed by atoms with Crippen LogP contribution in [0.25, 0.3) is 5.69 Å². The van der Waals surface area contributed by atoms with Crippen molar-refractivity contribution in [2.24, 2.45) is 0 Å². The molecule has 0 bridgehead atoms. The van der Waals surface area contributed by atoms with Crippen LogP contribution >= 0.6 is 0 Å². The number of nitrogens with zero attached hydrogens (tertiary/aromatic N) is 3. The number of nitrogens with one attached hydrogen (secondary N) is 2. The Balaban J connectivity index is 1.54. The predicted molar refractivity (Wildman–Crippen MR) is 123 cm³/mol. The zero-order valence-electron chi connectivity index (χ0n) is 18.4. The van der Waals surface area contributed by atoms with Gasteiger partial charge in [-0.25, -0.2) is 4.68 Å². The van der Waals surface area contributed by atoms with Crippen molar-refractivity contribution >= 4 is 23.3 Å². The van der Waals surface area contributed by atoms with E-state index in [9.17, 15) is 19.7 Å². The number of hydrogen-bond acceptors (Lipinski definition) is 6. The summed E-state index contributed by atoms with van der Waals surface area (Å²) in [5, 5.41) is 20.8. The predicted octanol–water partition coefficient (Wildman–Crippen LogP) is 3.64. The Morgan fingerprint density at radius 3 is 2.58 bits per heavy atom. The summed E-state index contributed by atoms with van der Waals surface area (Å²) in [7, 11) is 0. The summed E-state index contributed by atoms with van der Waals surface area (Å²) in [6, 6.07) is 14.6. The van der Waals surface area contributed by atoms with Crippen LogP contribution in [0.1, 0.15) is 35.8 Å². The number of amides is 2. The summed E-state index contributed by atoms with van der Waals surface area (Å²) < 4.78 is 6.99. The summed E-state index contributed by atoms with van der Waals surface area (Å²) in [4.78, 5) is 35.2. The second-order valence-electron chi connectivity index (χ2n) is 7.19. The van der Waals surface area contributed by atoms with Crippen LogP contribution in [0.5, 0.6) is 5.75 Å². The first-order chi connectivity index (χ1) is 15.9. The molecule has 0 saturated heterocycles. The number of carbonyl (C=O) groups is 2. The molecular formula is C23H25N5O5. The lowest BCUT2D eigenvalue weighted by molar-refractivity contribution is -0.384. The van der Waals surface area contributed by atoms with E-state index in [0.29, 0.717) is 48.1 Å². The maximum Gasteiger partial charge on any atom is 0.269 e. The lowest BCUT2D eigenvalue weighted by Crippen LogP contribution is -2.26. The smallest absolute Gasteiger partial charge is 0.269 e. The number of ether oxygens (including phenoxy) is 1. The Kier molecular flexibility index (Phi) is 7.74. The first kappa shape index (κ1) is 23.5. The van der Waals surface area contributed by atoms with Crippen LogP contribution in [0.15, 0.2) is 54.6 Å². The topological polar surface area (TPSA) is 128 Å². The lowest BCUT2D eigenvalue weighted by atomic mass is 10.2. The van der Waals surface area contributed by atoms with Crippen LogP contribution in [-0.4, -0.2) is 39.7 Å². The fourth-order valence-corrected chi connectivity index (χ4v) is 3.19. The molecule has 0 atom stereocenters. The fourth-order valence-electron chi connectivity index (χ4n) is 3.19. The quantitative estimate of drug-likeness (QED) is 0.275. The van der Waals surface area contributed by atoms with Crippen molar-refractivity contribution in [1.82, 2.24) is 15.1 Å². The molecule has 172 valence electrons. The highest BCUT2D eigenvalue weighted by molar-refractivity contribution is 5.97. The summed E-state index contributed by atoms with van der Waals surface area (Å²) in [6.45, 7) is 4.42. The molecular weight excluding hydrogens is 426 g/mol. The number of aromatic nitrogens is 2. The second-order valence-corrected chi connectivity index (χ2v) is 7.19. The van der Waals surface area contributed by atoms with Gasteiger partial charge >= 0.3 is 0 Å². The number of benzene rings is 2. The van der Waals surface area contributed by atoms with E-state index in [1.165, 1.54) is 16.8 Å². The van der Waals surface area contributed by atoms with Crippen LogP contribution in [0.3, 0.4) is 0 Å². The molecule has 0 aliphatic carbocycles. The van der Waals surface area contributed by atoms with Crippen molar-refractivity contribution in [3.63, 3.8) is 0 Å². The number of rotatable bonds is 10. The molecule has 2 amide bonds. The van der Waals surface area contributed by atoms with Crippen LogP contribution in [0.4, 0.5) is 11.5 Å². The minimum Gasteiger partial charge on any atom is -0.493 e. The van der Waals surface area contributed by atoms with Crippen molar-refractivity contribution < 1.29 is 19.2 Å². The number of non-ortho nitro benzene ring substituents is 1. The molecule has 2 N–H and O–H groups in total. The Bertz CT molecular complexity index is 1140. The zero-order valence-corrected chi connectivity index (χ0v) is 18.4. The molecule has 1 aromatic heterocycles. The molecule has 0 radical (unpaired) electrons. The van der Waals surface area contributed by atoms with Crippen molar-refractivity contribution in [3.8, 4) is 11.4 Å². The van der Waals surface area contributed by atoms with E-state index in [1.54, 1.807) is 49.4 Å². The van der Waals surface area contributed by atoms with Gasteiger partial charge in [-0.3, -0.25) is 19.7 Å². The number of nitro groups is 1. The van der Waals surface area contributed by atoms with E-state index < -0.39 is 4.92 Å². The SMILES string of the molecule is CCOc1ccccc1C(=O)NCCCC(=O)Nc1cc(C)nn1-c1ccc([N+](=O)[O-])cc1. The molecule has 2 aromatic carbocycles. The largest absolute Gasteiger partial charge is 0.493 e. The lowest BCUT2D eigenvalue weighted by Gasteiger charge is -2.11. The number of hydrogen-bond donors (Lipinski definition) is 2. The van der Waals surface area contributed by atoms with E-state index in [4.69, 9.17) is 4.74 Å². The maximum atomic E-state index is 12.4. The fraction of sp³-hybridized carbons (Fsp3) is 0.261. The number of nitro benzene ring substituents is 1. The molecule has 0 aliphatic rings. The van der Waals surface area contributed by atoms with Crippen LogP contribution in [-0.2, 0) is 4.79 Å². The van der Waals surface area contributed by atoms with Crippen molar-refractivity contribution in [1.29, 1.82) is 0 Å². The van der Waals surface area contributed by atoms with Gasteiger partial charge in [0.1, 0.15) is 11.6 Å². The van der Waals surface area contributed by atoms with Crippen molar-refractivity contribution in [3.05, 3.63) is 76.0 Å². The van der Waals surface area contributed by atoms with E-state index in [0.717, 1.165) is 0 Å². The molecule has 3 rings (SSSR count). The van der Waals surface area contributed by atoms with Crippen molar-refractivity contribution in [2.45, 2.75) is 26.7 Å². The van der Waals surface area contributed by atoms with Gasteiger partial charge < -0.3 is 15.4 Å². The summed E-state index contributed by atoms with van der Waals surface area (Å²) in [6.07, 6.45) is 0.636. The van der Waals surface area contributed by atoms with Crippen LogP contribution in [0, 0.1) is 17.0 Å².